The van der Waals surface area contributed by atoms with Crippen LogP contribution in [0.2, 0.25) is 0 Å². The molecule has 0 atom stereocenters. The normalized spacial score (nSPS) is 18.6. The van der Waals surface area contributed by atoms with Gasteiger partial charge in [0.15, 0.2) is 0 Å². The first kappa shape index (κ1) is 16.9. The van der Waals surface area contributed by atoms with Crippen LogP contribution in [0.15, 0.2) is 14.3 Å². The molecule has 0 bridgehead atoms. The van der Waals surface area contributed by atoms with Crippen molar-refractivity contribution in [2.75, 3.05) is 39.8 Å². The molecule has 0 amide bonds. The third-order valence-electron chi connectivity index (χ3n) is 3.91. The Morgan fingerprint density at radius 2 is 1.90 bits per heavy atom. The smallest absolute Gasteiger partial charge is 0.0843 e. The Morgan fingerprint density at radius 1 is 1.25 bits per heavy atom. The Labute approximate surface area is 143 Å². The molecule has 6 heteroatoms. The van der Waals surface area contributed by atoms with Crippen molar-refractivity contribution in [1.29, 1.82) is 0 Å². The fraction of sp³-hybridized carbons (Fsp3) is 0.714. The number of hydrogen-bond acceptors (Lipinski definition) is 4. The minimum atomic E-state index is 0.215. The Balaban J connectivity index is 1.80. The van der Waals surface area contributed by atoms with Gasteiger partial charge >= 0.3 is 0 Å². The molecule has 3 nitrogen and oxygen atoms in total. The standard InChI is InChI=1S/C14H23Br2N3S/c1-14(2,19-6-4-18(3)5-7-19)10-17-9-11-8-12(15)13(16)20-11/h8,17H,4-7,9-10H2,1-3H3. The molecule has 1 aliphatic heterocycles. The number of nitrogens with one attached hydrogen (secondary N) is 1. The van der Waals surface area contributed by atoms with Crippen LogP contribution in [-0.2, 0) is 6.54 Å². The molecule has 0 aromatic carbocycles. The molecule has 1 aromatic rings. The second-order valence-corrected chi connectivity index (χ2v) is 9.35. The molecular formula is C14H23Br2N3S. The summed E-state index contributed by atoms with van der Waals surface area (Å²) < 4.78 is 2.32. The second kappa shape index (κ2) is 7.20. The molecule has 20 heavy (non-hydrogen) atoms. The van der Waals surface area contributed by atoms with Crippen LogP contribution in [0.25, 0.3) is 0 Å². The van der Waals surface area contributed by atoms with E-state index >= 15 is 0 Å². The molecule has 114 valence electrons. The van der Waals surface area contributed by atoms with Crippen molar-refractivity contribution < 1.29 is 0 Å². The van der Waals surface area contributed by atoms with Crippen LogP contribution in [0.5, 0.6) is 0 Å². The van der Waals surface area contributed by atoms with Gasteiger partial charge in [0.2, 0.25) is 0 Å². The molecule has 2 heterocycles. The summed E-state index contributed by atoms with van der Waals surface area (Å²) in [6, 6.07) is 2.19. The summed E-state index contributed by atoms with van der Waals surface area (Å²) in [6.07, 6.45) is 0. The quantitative estimate of drug-likeness (QED) is 0.781. The SMILES string of the molecule is CN1CCN(C(C)(C)CNCc2cc(Br)c(Br)s2)CC1. The Morgan fingerprint density at radius 3 is 2.45 bits per heavy atom. The van der Waals surface area contributed by atoms with Crippen molar-refractivity contribution in [3.63, 3.8) is 0 Å². The zero-order chi connectivity index (χ0) is 14.8. The van der Waals surface area contributed by atoms with Crippen LogP contribution >= 0.6 is 43.2 Å². The maximum absolute atomic E-state index is 3.60. The average Bonchev–Trinajstić information content (AvgIpc) is 2.69. The topological polar surface area (TPSA) is 18.5 Å². The van der Waals surface area contributed by atoms with Crippen LogP contribution < -0.4 is 5.32 Å². The largest absolute Gasteiger partial charge is 0.310 e. The number of nitrogens with zero attached hydrogens (tertiary/aromatic N) is 2. The molecule has 0 saturated carbocycles. The molecule has 0 radical (unpaired) electrons. The van der Waals surface area contributed by atoms with Gasteiger partial charge in [0.25, 0.3) is 0 Å². The van der Waals surface area contributed by atoms with Crippen molar-refractivity contribution in [3.05, 3.63) is 19.2 Å². The monoisotopic (exact) mass is 423 g/mol. The zero-order valence-corrected chi connectivity index (χ0v) is 16.4. The van der Waals surface area contributed by atoms with Crippen LogP contribution in [0.4, 0.5) is 0 Å². The number of piperazine rings is 1. The van der Waals surface area contributed by atoms with Crippen molar-refractivity contribution >= 4 is 43.2 Å². The van der Waals surface area contributed by atoms with Gasteiger partial charge in [-0.2, -0.15) is 0 Å². The lowest BCUT2D eigenvalue weighted by atomic mass is 10.0. The van der Waals surface area contributed by atoms with Crippen LogP contribution in [-0.4, -0.2) is 55.1 Å². The van der Waals surface area contributed by atoms with Gasteiger partial charge in [-0.05, 0) is 58.8 Å². The van der Waals surface area contributed by atoms with Gasteiger partial charge in [0, 0.05) is 54.2 Å². The minimum Gasteiger partial charge on any atom is -0.310 e. The van der Waals surface area contributed by atoms with E-state index in [9.17, 15) is 0 Å². The number of rotatable bonds is 5. The minimum absolute atomic E-state index is 0.215. The summed E-state index contributed by atoms with van der Waals surface area (Å²) in [4.78, 5) is 6.36. The maximum atomic E-state index is 3.60. The van der Waals surface area contributed by atoms with E-state index in [1.54, 1.807) is 11.3 Å². The summed E-state index contributed by atoms with van der Waals surface area (Å²) >= 11 is 8.87. The van der Waals surface area contributed by atoms with E-state index < -0.39 is 0 Å². The number of thiophene rings is 1. The fourth-order valence-electron chi connectivity index (χ4n) is 2.49. The van der Waals surface area contributed by atoms with Crippen molar-refractivity contribution in [3.8, 4) is 0 Å². The summed E-state index contributed by atoms with van der Waals surface area (Å²) in [6.45, 7) is 11.3. The summed E-state index contributed by atoms with van der Waals surface area (Å²) in [5.74, 6) is 0. The molecule has 1 aliphatic rings. The Hall–Kier alpha value is 0.540. The van der Waals surface area contributed by atoms with E-state index in [0.29, 0.717) is 0 Å². The van der Waals surface area contributed by atoms with Crippen molar-refractivity contribution in [1.82, 2.24) is 15.1 Å². The van der Waals surface area contributed by atoms with E-state index in [0.717, 1.165) is 17.6 Å². The van der Waals surface area contributed by atoms with E-state index in [4.69, 9.17) is 0 Å². The zero-order valence-electron chi connectivity index (χ0n) is 12.4. The molecule has 1 fully saturated rings. The van der Waals surface area contributed by atoms with Gasteiger partial charge < -0.3 is 10.2 Å². The third kappa shape index (κ3) is 4.52. The molecular weight excluding hydrogens is 402 g/mol. The van der Waals surface area contributed by atoms with Gasteiger partial charge in [0.1, 0.15) is 0 Å². The summed E-state index contributed by atoms with van der Waals surface area (Å²) in [5, 5.41) is 3.60. The predicted molar refractivity (Wildman–Crippen MR) is 94.6 cm³/mol. The lowest BCUT2D eigenvalue weighted by Gasteiger charge is -2.43. The third-order valence-corrected chi connectivity index (χ3v) is 7.17. The lowest BCUT2D eigenvalue weighted by Crippen LogP contribution is -2.57. The molecule has 2 rings (SSSR count). The fourth-order valence-corrected chi connectivity index (χ4v) is 4.64. The Bertz CT molecular complexity index is 420. The van der Waals surface area contributed by atoms with Crippen molar-refractivity contribution in [2.45, 2.75) is 25.9 Å². The predicted octanol–water partition coefficient (Wildman–Crippen LogP) is 3.39. The highest BCUT2D eigenvalue weighted by Crippen LogP contribution is 2.32. The van der Waals surface area contributed by atoms with Crippen LogP contribution in [0.1, 0.15) is 18.7 Å². The van der Waals surface area contributed by atoms with E-state index in [1.165, 1.54) is 34.8 Å². The maximum Gasteiger partial charge on any atom is 0.0843 e. The van der Waals surface area contributed by atoms with Gasteiger partial charge in [-0.3, -0.25) is 4.90 Å². The molecule has 1 N–H and O–H groups in total. The number of likely N-dealkylation sites (N-methyl/N-ethyl adjacent to an activating group) is 1. The van der Waals surface area contributed by atoms with Gasteiger partial charge in [-0.25, -0.2) is 0 Å². The molecule has 1 saturated heterocycles. The molecule has 0 aliphatic carbocycles. The van der Waals surface area contributed by atoms with Crippen molar-refractivity contribution in [2.24, 2.45) is 0 Å². The highest BCUT2D eigenvalue weighted by atomic mass is 79.9. The second-order valence-electron chi connectivity index (χ2n) is 6.04. The molecule has 0 unspecified atom stereocenters. The lowest BCUT2D eigenvalue weighted by molar-refractivity contribution is 0.0618. The summed E-state index contributed by atoms with van der Waals surface area (Å²) in [5.41, 5.74) is 0.215. The average molecular weight is 425 g/mol. The highest BCUT2D eigenvalue weighted by molar-refractivity contribution is 9.13. The van der Waals surface area contributed by atoms with Crippen LogP contribution in [0.3, 0.4) is 0 Å². The molecule has 0 spiro atoms. The Kier molecular flexibility index (Phi) is 6.09. The first-order valence-electron chi connectivity index (χ1n) is 6.96. The van der Waals surface area contributed by atoms with Gasteiger partial charge in [0.05, 0.1) is 3.79 Å². The van der Waals surface area contributed by atoms with E-state index in [2.05, 4.69) is 73.9 Å². The molecule has 1 aromatic heterocycles. The number of hydrogen-bond donors (Lipinski definition) is 1. The van der Waals surface area contributed by atoms with E-state index in [1.807, 2.05) is 0 Å². The first-order chi connectivity index (χ1) is 9.38. The van der Waals surface area contributed by atoms with Crippen LogP contribution in [0, 0.1) is 0 Å². The summed E-state index contributed by atoms with van der Waals surface area (Å²) in [7, 11) is 2.20. The number of halogens is 2. The van der Waals surface area contributed by atoms with Gasteiger partial charge in [-0.15, -0.1) is 11.3 Å². The first-order valence-corrected chi connectivity index (χ1v) is 9.37. The highest BCUT2D eigenvalue weighted by Gasteiger charge is 2.28. The van der Waals surface area contributed by atoms with Gasteiger partial charge in [-0.1, -0.05) is 0 Å². The van der Waals surface area contributed by atoms with E-state index in [-0.39, 0.29) is 5.54 Å².